The van der Waals surface area contributed by atoms with Crippen molar-refractivity contribution in [1.82, 2.24) is 4.90 Å². The van der Waals surface area contributed by atoms with Crippen LogP contribution in [0.5, 0.6) is 5.75 Å². The highest BCUT2D eigenvalue weighted by Gasteiger charge is 2.26. The van der Waals surface area contributed by atoms with E-state index < -0.39 is 0 Å². The Bertz CT molecular complexity index is 902. The van der Waals surface area contributed by atoms with Crippen LogP contribution in [-0.2, 0) is 4.74 Å². The number of benzene rings is 2. The molecule has 2 N–H and O–H groups in total. The van der Waals surface area contributed by atoms with Crippen LogP contribution in [0, 0.1) is 11.7 Å². The third-order valence-electron chi connectivity index (χ3n) is 6.51. The minimum absolute atomic E-state index is 0.139. The molecule has 6 nitrogen and oxygen atoms in total. The summed E-state index contributed by atoms with van der Waals surface area (Å²) in [4.78, 5) is 17.6. The number of nitrogens with two attached hydrogens (primary N) is 1. The van der Waals surface area contributed by atoms with E-state index in [0.717, 1.165) is 70.0 Å². The predicted octanol–water partition coefficient (Wildman–Crippen LogP) is 3.70. The summed E-state index contributed by atoms with van der Waals surface area (Å²) in [6.45, 7) is 5.38. The van der Waals surface area contributed by atoms with Gasteiger partial charge in [0.15, 0.2) is 0 Å². The van der Waals surface area contributed by atoms with E-state index in [1.807, 2.05) is 24.3 Å². The molecule has 2 aromatic carbocycles. The largest absolute Gasteiger partial charge is 0.492 e. The van der Waals surface area contributed by atoms with Crippen LogP contribution in [0.3, 0.4) is 0 Å². The van der Waals surface area contributed by atoms with Crippen LogP contribution in [0.1, 0.15) is 36.0 Å². The van der Waals surface area contributed by atoms with Crippen LogP contribution in [0.25, 0.3) is 0 Å². The second-order valence-electron chi connectivity index (χ2n) is 9.02. The second-order valence-corrected chi connectivity index (χ2v) is 9.02. The Morgan fingerprint density at radius 1 is 1.15 bits per heavy atom. The minimum atomic E-state index is -0.355. The molecule has 4 rings (SSSR count). The molecule has 0 spiro atoms. The average Bonchev–Trinajstić information content (AvgIpc) is 2.84. The van der Waals surface area contributed by atoms with Gasteiger partial charge in [-0.3, -0.25) is 9.69 Å². The monoisotopic (exact) mass is 455 g/mol. The van der Waals surface area contributed by atoms with Gasteiger partial charge < -0.3 is 20.1 Å². The average molecular weight is 456 g/mol. The van der Waals surface area contributed by atoms with Gasteiger partial charge in [-0.05, 0) is 61.6 Å². The van der Waals surface area contributed by atoms with Crippen molar-refractivity contribution < 1.29 is 18.7 Å². The van der Waals surface area contributed by atoms with Gasteiger partial charge in [0.25, 0.3) is 5.91 Å². The van der Waals surface area contributed by atoms with Gasteiger partial charge in [-0.15, -0.1) is 0 Å². The van der Waals surface area contributed by atoms with Crippen molar-refractivity contribution in [2.75, 3.05) is 50.9 Å². The fraction of sp³-hybridized carbons (Fsp3) is 0.500. The lowest BCUT2D eigenvalue weighted by Gasteiger charge is -2.32. The first kappa shape index (κ1) is 23.7. The molecule has 0 unspecified atom stereocenters. The maximum absolute atomic E-state index is 13.5. The Morgan fingerprint density at radius 3 is 2.70 bits per heavy atom. The van der Waals surface area contributed by atoms with Crippen molar-refractivity contribution >= 4 is 11.6 Å². The fourth-order valence-corrected chi connectivity index (χ4v) is 4.67. The van der Waals surface area contributed by atoms with E-state index in [0.29, 0.717) is 24.6 Å². The fourth-order valence-electron chi connectivity index (χ4n) is 4.67. The van der Waals surface area contributed by atoms with Gasteiger partial charge >= 0.3 is 0 Å². The van der Waals surface area contributed by atoms with Crippen LogP contribution < -0.4 is 15.4 Å². The molecule has 1 saturated carbocycles. The zero-order valence-corrected chi connectivity index (χ0v) is 19.1. The zero-order chi connectivity index (χ0) is 23.0. The summed E-state index contributed by atoms with van der Waals surface area (Å²) in [5.41, 5.74) is 7.46. The number of carbonyl (C=O) groups excluding carboxylic acids is 1. The Hall–Kier alpha value is -2.48. The Kier molecular flexibility index (Phi) is 8.31. The SMILES string of the molecule is N[C@H]1CCC[C@@H](CN(C(=O)c2ccc(F)cc2)c2cccc(OCCN3CCOCC3)c2)C1. The van der Waals surface area contributed by atoms with Gasteiger partial charge in [-0.2, -0.15) is 0 Å². The Labute approximate surface area is 195 Å². The van der Waals surface area contributed by atoms with Crippen molar-refractivity contribution in [1.29, 1.82) is 0 Å². The highest BCUT2D eigenvalue weighted by Crippen LogP contribution is 2.29. The maximum atomic E-state index is 13.5. The highest BCUT2D eigenvalue weighted by molar-refractivity contribution is 6.06. The number of rotatable bonds is 8. The molecule has 2 atom stereocenters. The normalized spacial score (nSPS) is 21.5. The molecule has 1 saturated heterocycles. The predicted molar refractivity (Wildman–Crippen MR) is 127 cm³/mol. The molecule has 0 bridgehead atoms. The molecule has 2 aromatic rings. The van der Waals surface area contributed by atoms with Gasteiger partial charge in [0.1, 0.15) is 18.2 Å². The molecule has 1 aliphatic carbocycles. The molecule has 33 heavy (non-hydrogen) atoms. The van der Waals surface area contributed by atoms with Crippen LogP contribution in [-0.4, -0.2) is 62.8 Å². The van der Waals surface area contributed by atoms with E-state index in [1.165, 1.54) is 12.1 Å². The number of hydrogen-bond donors (Lipinski definition) is 1. The lowest BCUT2D eigenvalue weighted by Crippen LogP contribution is -2.39. The topological polar surface area (TPSA) is 68.0 Å². The third-order valence-corrected chi connectivity index (χ3v) is 6.51. The summed E-state index contributed by atoms with van der Waals surface area (Å²) in [6, 6.07) is 13.6. The first-order chi connectivity index (χ1) is 16.1. The molecule has 0 aromatic heterocycles. The van der Waals surface area contributed by atoms with E-state index in [9.17, 15) is 9.18 Å². The molecular formula is C26H34FN3O3. The van der Waals surface area contributed by atoms with Gasteiger partial charge in [0.05, 0.1) is 13.2 Å². The van der Waals surface area contributed by atoms with Crippen molar-refractivity contribution in [3.8, 4) is 5.75 Å². The van der Waals surface area contributed by atoms with Crippen molar-refractivity contribution in [2.24, 2.45) is 11.7 Å². The summed E-state index contributed by atoms with van der Waals surface area (Å²) in [5.74, 6) is 0.577. The molecule has 2 aliphatic rings. The zero-order valence-electron chi connectivity index (χ0n) is 19.1. The molecule has 2 fully saturated rings. The van der Waals surface area contributed by atoms with Gasteiger partial charge in [0.2, 0.25) is 0 Å². The second kappa shape index (κ2) is 11.6. The molecular weight excluding hydrogens is 421 g/mol. The van der Waals surface area contributed by atoms with E-state index in [1.54, 1.807) is 17.0 Å². The quantitative estimate of drug-likeness (QED) is 0.657. The smallest absolute Gasteiger partial charge is 0.258 e. The highest BCUT2D eigenvalue weighted by atomic mass is 19.1. The van der Waals surface area contributed by atoms with Crippen molar-refractivity contribution in [2.45, 2.75) is 31.7 Å². The number of amides is 1. The van der Waals surface area contributed by atoms with Crippen molar-refractivity contribution in [3.05, 3.63) is 59.9 Å². The van der Waals surface area contributed by atoms with E-state index in [2.05, 4.69) is 4.90 Å². The van der Waals surface area contributed by atoms with E-state index in [-0.39, 0.29) is 17.8 Å². The maximum Gasteiger partial charge on any atom is 0.258 e. The van der Waals surface area contributed by atoms with Gasteiger partial charge in [0, 0.05) is 49.5 Å². The van der Waals surface area contributed by atoms with Gasteiger partial charge in [-0.1, -0.05) is 12.5 Å². The number of ether oxygens (including phenoxy) is 2. The third kappa shape index (κ3) is 6.76. The molecule has 1 heterocycles. The van der Waals surface area contributed by atoms with Crippen molar-refractivity contribution in [3.63, 3.8) is 0 Å². The Morgan fingerprint density at radius 2 is 1.94 bits per heavy atom. The number of anilines is 1. The Balaban J connectivity index is 1.48. The molecule has 1 amide bonds. The first-order valence-electron chi connectivity index (χ1n) is 11.9. The van der Waals surface area contributed by atoms with Crippen LogP contribution >= 0.6 is 0 Å². The molecule has 178 valence electrons. The summed E-state index contributed by atoms with van der Waals surface area (Å²) in [6.07, 6.45) is 4.07. The number of nitrogens with zero attached hydrogens (tertiary/aromatic N) is 2. The van der Waals surface area contributed by atoms with Crippen LogP contribution in [0.2, 0.25) is 0 Å². The van der Waals surface area contributed by atoms with E-state index >= 15 is 0 Å². The summed E-state index contributed by atoms with van der Waals surface area (Å²) in [5, 5.41) is 0. The number of carbonyl (C=O) groups is 1. The summed E-state index contributed by atoms with van der Waals surface area (Å²) >= 11 is 0. The lowest BCUT2D eigenvalue weighted by atomic mass is 9.85. The summed E-state index contributed by atoms with van der Waals surface area (Å²) < 4.78 is 24.8. The minimum Gasteiger partial charge on any atom is -0.492 e. The first-order valence-corrected chi connectivity index (χ1v) is 11.9. The van der Waals surface area contributed by atoms with E-state index in [4.69, 9.17) is 15.2 Å². The van der Waals surface area contributed by atoms with Crippen LogP contribution in [0.15, 0.2) is 48.5 Å². The summed E-state index contributed by atoms with van der Waals surface area (Å²) in [7, 11) is 0. The van der Waals surface area contributed by atoms with Crippen LogP contribution in [0.4, 0.5) is 10.1 Å². The number of hydrogen-bond acceptors (Lipinski definition) is 5. The molecule has 0 radical (unpaired) electrons. The molecule has 1 aliphatic heterocycles. The number of morpholine rings is 1. The lowest BCUT2D eigenvalue weighted by molar-refractivity contribution is 0.0322. The number of halogens is 1. The van der Waals surface area contributed by atoms with Gasteiger partial charge in [-0.25, -0.2) is 4.39 Å². The molecule has 7 heteroatoms. The standard InChI is InChI=1S/C26H34FN3O3/c27-22-9-7-21(8-10-22)26(31)30(19-20-3-1-4-23(28)17-20)24-5-2-6-25(18-24)33-16-13-29-11-14-32-15-12-29/h2,5-10,18,20,23H,1,3-4,11-17,19,28H2/t20-,23+/m1/s1.